The molecule has 34 heavy (non-hydrogen) atoms. The fraction of sp³-hybridized carbons (Fsp3) is 0.417. The highest BCUT2D eigenvalue weighted by atomic mass is 32.2. The Bertz CT molecular complexity index is 1100. The summed E-state index contributed by atoms with van der Waals surface area (Å²) in [6, 6.07) is 13.8. The predicted molar refractivity (Wildman–Crippen MR) is 131 cm³/mol. The molecule has 0 bridgehead atoms. The van der Waals surface area contributed by atoms with E-state index >= 15 is 0 Å². The SMILES string of the molecule is CCOc1ccccc1N(CCCC(=O)Nc1ccccc1C(=O)N1CCOCC1)S(C)(=O)=O. The molecule has 1 fully saturated rings. The lowest BCUT2D eigenvalue weighted by Crippen LogP contribution is -2.41. The molecular weight excluding hydrogens is 458 g/mol. The van der Waals surface area contributed by atoms with Crippen LogP contribution < -0.4 is 14.4 Å². The van der Waals surface area contributed by atoms with Crippen LogP contribution in [0.1, 0.15) is 30.1 Å². The first kappa shape index (κ1) is 25.5. The first-order valence-corrected chi connectivity index (χ1v) is 13.1. The van der Waals surface area contributed by atoms with E-state index in [2.05, 4.69) is 5.32 Å². The fourth-order valence-corrected chi connectivity index (χ4v) is 4.69. The molecule has 1 heterocycles. The number of morpholine rings is 1. The minimum atomic E-state index is -3.58. The molecule has 2 amide bonds. The maximum Gasteiger partial charge on any atom is 0.256 e. The Kier molecular flexibility index (Phi) is 8.89. The van der Waals surface area contributed by atoms with E-state index in [1.165, 1.54) is 4.31 Å². The zero-order valence-corrected chi connectivity index (χ0v) is 20.3. The highest BCUT2D eigenvalue weighted by Gasteiger charge is 2.23. The number of hydrogen-bond acceptors (Lipinski definition) is 6. The molecule has 1 aliphatic rings. The molecule has 1 aliphatic heterocycles. The molecule has 1 saturated heterocycles. The van der Waals surface area contributed by atoms with Crippen LogP contribution in [0.3, 0.4) is 0 Å². The summed E-state index contributed by atoms with van der Waals surface area (Å²) in [5.41, 5.74) is 1.29. The van der Waals surface area contributed by atoms with Gasteiger partial charge in [0.15, 0.2) is 0 Å². The zero-order chi connectivity index (χ0) is 24.6. The molecule has 0 atom stereocenters. The second-order valence-electron chi connectivity index (χ2n) is 7.84. The number of ether oxygens (including phenoxy) is 2. The summed E-state index contributed by atoms with van der Waals surface area (Å²) < 4.78 is 37.0. The van der Waals surface area contributed by atoms with E-state index < -0.39 is 10.0 Å². The smallest absolute Gasteiger partial charge is 0.256 e. The molecule has 9 nitrogen and oxygen atoms in total. The maximum atomic E-state index is 12.9. The van der Waals surface area contributed by atoms with Crippen molar-refractivity contribution >= 4 is 33.2 Å². The molecule has 0 radical (unpaired) electrons. The van der Waals surface area contributed by atoms with Gasteiger partial charge in [-0.1, -0.05) is 24.3 Å². The normalized spacial score (nSPS) is 13.9. The standard InChI is InChI=1S/C24H31N3O6S/c1-3-33-22-12-7-6-11-21(22)27(34(2,30)31)14-8-13-23(28)25-20-10-5-4-9-19(20)24(29)26-15-17-32-18-16-26/h4-7,9-12H,3,8,13-18H2,1-2H3,(H,25,28). The molecule has 1 N–H and O–H groups in total. The molecule has 0 saturated carbocycles. The summed E-state index contributed by atoms with van der Waals surface area (Å²) in [5, 5.41) is 2.80. The number of amides is 2. The van der Waals surface area contributed by atoms with E-state index in [4.69, 9.17) is 9.47 Å². The summed E-state index contributed by atoms with van der Waals surface area (Å²) in [7, 11) is -3.58. The third-order valence-electron chi connectivity index (χ3n) is 5.33. The van der Waals surface area contributed by atoms with Crippen LogP contribution in [0.25, 0.3) is 0 Å². The number of benzene rings is 2. The van der Waals surface area contributed by atoms with Gasteiger partial charge in [0, 0.05) is 26.1 Å². The second-order valence-corrected chi connectivity index (χ2v) is 9.74. The molecule has 0 aromatic heterocycles. The lowest BCUT2D eigenvalue weighted by atomic mass is 10.1. The average Bonchev–Trinajstić information content (AvgIpc) is 2.82. The number of para-hydroxylation sites is 3. The molecule has 0 unspecified atom stereocenters. The van der Waals surface area contributed by atoms with Crippen LogP contribution in [-0.4, -0.2) is 70.8 Å². The van der Waals surface area contributed by atoms with Crippen molar-refractivity contribution in [3.63, 3.8) is 0 Å². The maximum absolute atomic E-state index is 12.9. The number of nitrogens with one attached hydrogen (secondary N) is 1. The van der Waals surface area contributed by atoms with Crippen LogP contribution in [0.5, 0.6) is 5.75 Å². The van der Waals surface area contributed by atoms with Crippen molar-refractivity contribution in [1.82, 2.24) is 4.90 Å². The second kappa shape index (κ2) is 11.8. The van der Waals surface area contributed by atoms with E-state index in [-0.39, 0.29) is 24.8 Å². The molecule has 0 spiro atoms. The molecule has 0 aliphatic carbocycles. The quantitative estimate of drug-likeness (QED) is 0.550. The monoisotopic (exact) mass is 489 g/mol. The van der Waals surface area contributed by atoms with E-state index in [0.717, 1.165) is 6.26 Å². The molecule has 184 valence electrons. The van der Waals surface area contributed by atoms with Crippen LogP contribution in [0.4, 0.5) is 11.4 Å². The minimum Gasteiger partial charge on any atom is -0.492 e. The van der Waals surface area contributed by atoms with Crippen molar-refractivity contribution in [2.24, 2.45) is 0 Å². The summed E-state index contributed by atoms with van der Waals surface area (Å²) in [6.45, 7) is 4.34. The van der Waals surface area contributed by atoms with Gasteiger partial charge in [0.25, 0.3) is 5.91 Å². The van der Waals surface area contributed by atoms with Gasteiger partial charge in [0.2, 0.25) is 15.9 Å². The van der Waals surface area contributed by atoms with Gasteiger partial charge in [0.05, 0.1) is 43.0 Å². The minimum absolute atomic E-state index is 0.0862. The van der Waals surface area contributed by atoms with Crippen LogP contribution in [0.15, 0.2) is 48.5 Å². The largest absolute Gasteiger partial charge is 0.492 e. The Hall–Kier alpha value is -3.11. The Labute approximate surface area is 200 Å². The number of carbonyl (C=O) groups is 2. The number of rotatable bonds is 10. The number of carbonyl (C=O) groups excluding carboxylic acids is 2. The van der Waals surface area contributed by atoms with E-state index in [1.54, 1.807) is 53.4 Å². The van der Waals surface area contributed by atoms with Crippen LogP contribution in [0, 0.1) is 0 Å². The van der Waals surface area contributed by atoms with E-state index in [0.29, 0.717) is 62.0 Å². The van der Waals surface area contributed by atoms with Gasteiger partial charge in [-0.2, -0.15) is 0 Å². The highest BCUT2D eigenvalue weighted by Crippen LogP contribution is 2.30. The molecule has 2 aromatic carbocycles. The lowest BCUT2D eigenvalue weighted by Gasteiger charge is -2.27. The molecule has 2 aromatic rings. The summed E-state index contributed by atoms with van der Waals surface area (Å²) >= 11 is 0. The number of sulfonamides is 1. The van der Waals surface area contributed by atoms with E-state index in [9.17, 15) is 18.0 Å². The van der Waals surface area contributed by atoms with Crippen LogP contribution in [-0.2, 0) is 19.6 Å². The third kappa shape index (κ3) is 6.71. The number of nitrogens with zero attached hydrogens (tertiary/aromatic N) is 2. The van der Waals surface area contributed by atoms with Crippen molar-refractivity contribution in [3.05, 3.63) is 54.1 Å². The number of hydrogen-bond donors (Lipinski definition) is 1. The third-order valence-corrected chi connectivity index (χ3v) is 6.51. The van der Waals surface area contributed by atoms with Gasteiger partial charge >= 0.3 is 0 Å². The first-order valence-electron chi connectivity index (χ1n) is 11.3. The van der Waals surface area contributed by atoms with Gasteiger partial charge in [-0.15, -0.1) is 0 Å². The topological polar surface area (TPSA) is 105 Å². The Morgan fingerprint density at radius 2 is 1.76 bits per heavy atom. The van der Waals surface area contributed by atoms with Crippen molar-refractivity contribution in [3.8, 4) is 5.75 Å². The lowest BCUT2D eigenvalue weighted by molar-refractivity contribution is -0.116. The van der Waals surface area contributed by atoms with Crippen molar-refractivity contribution in [2.75, 3.05) is 55.3 Å². The fourth-order valence-electron chi connectivity index (χ4n) is 3.72. The highest BCUT2D eigenvalue weighted by molar-refractivity contribution is 7.92. The Morgan fingerprint density at radius 3 is 2.47 bits per heavy atom. The predicted octanol–water partition coefficient (Wildman–Crippen LogP) is 2.74. The van der Waals surface area contributed by atoms with Crippen molar-refractivity contribution < 1.29 is 27.5 Å². The van der Waals surface area contributed by atoms with Gasteiger partial charge in [-0.3, -0.25) is 13.9 Å². The average molecular weight is 490 g/mol. The van der Waals surface area contributed by atoms with Gasteiger partial charge < -0.3 is 19.7 Å². The summed E-state index contributed by atoms with van der Waals surface area (Å²) in [4.78, 5) is 27.2. The van der Waals surface area contributed by atoms with Crippen LogP contribution >= 0.6 is 0 Å². The van der Waals surface area contributed by atoms with Gasteiger partial charge in [-0.25, -0.2) is 8.42 Å². The zero-order valence-electron chi connectivity index (χ0n) is 19.5. The van der Waals surface area contributed by atoms with Crippen molar-refractivity contribution in [2.45, 2.75) is 19.8 Å². The summed E-state index contributed by atoms with van der Waals surface area (Å²) in [5.74, 6) is 0.0131. The Balaban J connectivity index is 1.64. The van der Waals surface area contributed by atoms with Gasteiger partial charge in [0.1, 0.15) is 5.75 Å². The van der Waals surface area contributed by atoms with E-state index in [1.807, 2.05) is 6.92 Å². The molecule has 3 rings (SSSR count). The van der Waals surface area contributed by atoms with Crippen molar-refractivity contribution in [1.29, 1.82) is 0 Å². The number of anilines is 2. The Morgan fingerprint density at radius 1 is 1.09 bits per heavy atom. The van der Waals surface area contributed by atoms with Crippen LogP contribution in [0.2, 0.25) is 0 Å². The van der Waals surface area contributed by atoms with Gasteiger partial charge in [-0.05, 0) is 37.6 Å². The molecular formula is C24H31N3O6S. The molecule has 10 heteroatoms. The summed E-state index contributed by atoms with van der Waals surface area (Å²) in [6.07, 6.45) is 1.51. The first-order chi connectivity index (χ1) is 16.3.